The van der Waals surface area contributed by atoms with Gasteiger partial charge in [0.05, 0.1) is 6.04 Å². The predicted octanol–water partition coefficient (Wildman–Crippen LogP) is 4.72. The minimum absolute atomic E-state index is 0.153. The highest BCUT2D eigenvalue weighted by Crippen LogP contribution is 2.28. The Bertz CT molecular complexity index is 534. The van der Waals surface area contributed by atoms with E-state index < -0.39 is 0 Å². The van der Waals surface area contributed by atoms with Gasteiger partial charge in [-0.3, -0.25) is 0 Å². The second-order valence-corrected chi connectivity index (χ2v) is 5.69. The van der Waals surface area contributed by atoms with E-state index in [1.165, 1.54) is 11.1 Å². The second-order valence-electron chi connectivity index (χ2n) is 4.34. The van der Waals surface area contributed by atoms with Crippen molar-refractivity contribution in [1.29, 1.82) is 0 Å². The zero-order valence-electron chi connectivity index (χ0n) is 10.4. The molecule has 18 heavy (non-hydrogen) atoms. The molecule has 0 spiro atoms. The minimum atomic E-state index is 0.153. The van der Waals surface area contributed by atoms with E-state index in [1.807, 2.05) is 19.2 Å². The highest BCUT2D eigenvalue weighted by atomic mass is 79.9. The van der Waals surface area contributed by atoms with Crippen molar-refractivity contribution in [2.75, 3.05) is 7.05 Å². The molecule has 0 fully saturated rings. The van der Waals surface area contributed by atoms with Crippen LogP contribution in [0.5, 0.6) is 0 Å². The number of rotatable bonds is 3. The van der Waals surface area contributed by atoms with Gasteiger partial charge in [-0.05, 0) is 43.3 Å². The predicted molar refractivity (Wildman–Crippen MR) is 81.2 cm³/mol. The van der Waals surface area contributed by atoms with Crippen molar-refractivity contribution in [3.8, 4) is 0 Å². The van der Waals surface area contributed by atoms with Crippen LogP contribution in [0, 0.1) is 6.92 Å². The molecule has 0 heterocycles. The van der Waals surface area contributed by atoms with E-state index in [-0.39, 0.29) is 6.04 Å². The summed E-state index contributed by atoms with van der Waals surface area (Å²) in [7, 11) is 1.96. The van der Waals surface area contributed by atoms with Crippen LogP contribution in [0.25, 0.3) is 0 Å². The zero-order chi connectivity index (χ0) is 13.1. The van der Waals surface area contributed by atoms with Crippen molar-refractivity contribution < 1.29 is 0 Å². The largest absolute Gasteiger partial charge is 0.309 e. The molecule has 2 rings (SSSR count). The summed E-state index contributed by atoms with van der Waals surface area (Å²) in [6, 6.07) is 14.6. The van der Waals surface area contributed by atoms with Gasteiger partial charge in [-0.15, -0.1) is 0 Å². The molecule has 0 aromatic heterocycles. The average molecular weight is 325 g/mol. The Morgan fingerprint density at radius 1 is 1.11 bits per heavy atom. The third-order valence-electron chi connectivity index (χ3n) is 2.88. The number of aryl methyl sites for hydroxylation is 1. The molecule has 0 aliphatic rings. The number of halogens is 2. The zero-order valence-corrected chi connectivity index (χ0v) is 12.7. The monoisotopic (exact) mass is 323 g/mol. The SMILES string of the molecule is CNC(c1cccc(C)c1)c1cc(Cl)cc(Br)c1. The second kappa shape index (κ2) is 5.87. The molecule has 94 valence electrons. The van der Waals surface area contributed by atoms with Crippen molar-refractivity contribution in [2.24, 2.45) is 0 Å². The van der Waals surface area contributed by atoms with Gasteiger partial charge < -0.3 is 5.32 Å². The standard InChI is InChI=1S/C15H15BrClN/c1-10-4-3-5-11(6-10)15(18-2)12-7-13(16)9-14(17)8-12/h3-9,15,18H,1-2H3. The molecule has 1 atom stereocenters. The third-order valence-corrected chi connectivity index (χ3v) is 3.56. The van der Waals surface area contributed by atoms with E-state index in [1.54, 1.807) is 0 Å². The van der Waals surface area contributed by atoms with Crippen LogP contribution in [-0.4, -0.2) is 7.05 Å². The number of benzene rings is 2. The van der Waals surface area contributed by atoms with Crippen LogP contribution in [-0.2, 0) is 0 Å². The maximum absolute atomic E-state index is 6.11. The normalized spacial score (nSPS) is 12.4. The Hall–Kier alpha value is -0.830. The van der Waals surface area contributed by atoms with Crippen LogP contribution in [0.15, 0.2) is 46.9 Å². The summed E-state index contributed by atoms with van der Waals surface area (Å²) in [5, 5.41) is 4.08. The van der Waals surface area contributed by atoms with Gasteiger partial charge >= 0.3 is 0 Å². The Morgan fingerprint density at radius 3 is 2.50 bits per heavy atom. The highest BCUT2D eigenvalue weighted by molar-refractivity contribution is 9.10. The van der Waals surface area contributed by atoms with Crippen molar-refractivity contribution in [3.63, 3.8) is 0 Å². The van der Waals surface area contributed by atoms with Gasteiger partial charge in [0.2, 0.25) is 0 Å². The van der Waals surface area contributed by atoms with E-state index in [0.717, 1.165) is 15.1 Å². The Kier molecular flexibility index (Phi) is 4.44. The first-order valence-electron chi connectivity index (χ1n) is 5.80. The summed E-state index contributed by atoms with van der Waals surface area (Å²) in [6.07, 6.45) is 0. The summed E-state index contributed by atoms with van der Waals surface area (Å²) in [6.45, 7) is 2.10. The topological polar surface area (TPSA) is 12.0 Å². The Morgan fingerprint density at radius 2 is 1.89 bits per heavy atom. The van der Waals surface area contributed by atoms with Crippen molar-refractivity contribution in [1.82, 2.24) is 5.32 Å². The molecule has 1 N–H and O–H groups in total. The van der Waals surface area contributed by atoms with Gasteiger partial charge in [0.15, 0.2) is 0 Å². The Balaban J connectivity index is 2.45. The Labute approximate surface area is 121 Å². The fourth-order valence-corrected chi connectivity index (χ4v) is 3.00. The van der Waals surface area contributed by atoms with Crippen LogP contribution in [0.4, 0.5) is 0 Å². The summed E-state index contributed by atoms with van der Waals surface area (Å²) < 4.78 is 0.998. The highest BCUT2D eigenvalue weighted by Gasteiger charge is 2.13. The van der Waals surface area contributed by atoms with E-state index in [2.05, 4.69) is 58.5 Å². The quantitative estimate of drug-likeness (QED) is 0.861. The summed E-state index contributed by atoms with van der Waals surface area (Å²) in [5.74, 6) is 0. The smallest absolute Gasteiger partial charge is 0.0575 e. The first-order chi connectivity index (χ1) is 8.60. The van der Waals surface area contributed by atoms with Crippen LogP contribution >= 0.6 is 27.5 Å². The lowest BCUT2D eigenvalue weighted by molar-refractivity contribution is 0.691. The molecular formula is C15H15BrClN. The van der Waals surface area contributed by atoms with Gasteiger partial charge in [-0.2, -0.15) is 0 Å². The maximum atomic E-state index is 6.11. The van der Waals surface area contributed by atoms with Crippen molar-refractivity contribution in [3.05, 3.63) is 68.7 Å². The number of hydrogen-bond acceptors (Lipinski definition) is 1. The van der Waals surface area contributed by atoms with Crippen LogP contribution in [0.2, 0.25) is 5.02 Å². The molecule has 0 aliphatic heterocycles. The first-order valence-corrected chi connectivity index (χ1v) is 6.97. The molecular weight excluding hydrogens is 310 g/mol. The molecule has 2 aromatic carbocycles. The van der Waals surface area contributed by atoms with Gasteiger partial charge in [-0.25, -0.2) is 0 Å². The van der Waals surface area contributed by atoms with Gasteiger partial charge in [0.25, 0.3) is 0 Å². The number of hydrogen-bond donors (Lipinski definition) is 1. The fraction of sp³-hybridized carbons (Fsp3) is 0.200. The van der Waals surface area contributed by atoms with E-state index >= 15 is 0 Å². The van der Waals surface area contributed by atoms with E-state index in [4.69, 9.17) is 11.6 Å². The molecule has 0 aliphatic carbocycles. The summed E-state index contributed by atoms with van der Waals surface area (Å²) in [4.78, 5) is 0. The fourth-order valence-electron chi connectivity index (χ4n) is 2.12. The third kappa shape index (κ3) is 3.14. The lowest BCUT2D eigenvalue weighted by Crippen LogP contribution is -2.17. The van der Waals surface area contributed by atoms with Gasteiger partial charge in [-0.1, -0.05) is 57.4 Å². The van der Waals surface area contributed by atoms with Crippen molar-refractivity contribution in [2.45, 2.75) is 13.0 Å². The number of nitrogens with one attached hydrogen (secondary N) is 1. The van der Waals surface area contributed by atoms with Crippen LogP contribution < -0.4 is 5.32 Å². The van der Waals surface area contributed by atoms with E-state index in [0.29, 0.717) is 0 Å². The minimum Gasteiger partial charge on any atom is -0.309 e. The molecule has 0 saturated carbocycles. The molecule has 1 nitrogen and oxygen atoms in total. The van der Waals surface area contributed by atoms with Crippen LogP contribution in [0.1, 0.15) is 22.7 Å². The van der Waals surface area contributed by atoms with Gasteiger partial charge in [0, 0.05) is 9.50 Å². The first kappa shape index (κ1) is 13.6. The molecule has 2 aromatic rings. The lowest BCUT2D eigenvalue weighted by atomic mass is 9.97. The molecule has 1 unspecified atom stereocenters. The molecule has 3 heteroatoms. The van der Waals surface area contributed by atoms with Crippen LogP contribution in [0.3, 0.4) is 0 Å². The molecule has 0 amide bonds. The maximum Gasteiger partial charge on any atom is 0.0575 e. The molecule has 0 bridgehead atoms. The molecule has 0 radical (unpaired) electrons. The average Bonchev–Trinajstić information content (AvgIpc) is 2.28. The van der Waals surface area contributed by atoms with Gasteiger partial charge in [0.1, 0.15) is 0 Å². The lowest BCUT2D eigenvalue weighted by Gasteiger charge is -2.18. The summed E-state index contributed by atoms with van der Waals surface area (Å²) >= 11 is 9.60. The van der Waals surface area contributed by atoms with E-state index in [9.17, 15) is 0 Å². The molecule has 0 saturated heterocycles. The van der Waals surface area contributed by atoms with Crippen molar-refractivity contribution >= 4 is 27.5 Å². The summed E-state index contributed by atoms with van der Waals surface area (Å²) in [5.41, 5.74) is 3.66.